The van der Waals surface area contributed by atoms with E-state index in [9.17, 15) is 9.18 Å². The first kappa shape index (κ1) is 24.6. The maximum atomic E-state index is 14.9. The van der Waals surface area contributed by atoms with Crippen molar-refractivity contribution in [2.75, 3.05) is 27.2 Å². The highest BCUT2D eigenvalue weighted by Gasteiger charge is 2.12. The smallest absolute Gasteiger partial charge is 0.141 e. The van der Waals surface area contributed by atoms with Crippen LogP contribution in [0.5, 0.6) is 0 Å². The molecule has 0 aliphatic heterocycles. The van der Waals surface area contributed by atoms with Crippen molar-refractivity contribution in [2.24, 2.45) is 4.99 Å². The minimum Gasteiger partial charge on any atom is -0.349 e. The van der Waals surface area contributed by atoms with Gasteiger partial charge in [0.05, 0.1) is 23.1 Å². The number of halogens is 2. The first-order valence-electron chi connectivity index (χ1n) is 10.9. The third kappa shape index (κ3) is 6.73. The number of carbonyl (C=O) groups excluding carboxylic acids is 1. The molecule has 3 rings (SSSR count). The molecule has 8 heteroatoms. The molecule has 0 bridgehead atoms. The Balaban J connectivity index is 1.66. The van der Waals surface area contributed by atoms with Crippen molar-refractivity contribution in [3.63, 3.8) is 0 Å². The summed E-state index contributed by atoms with van der Waals surface area (Å²) in [6, 6.07) is 10.4. The van der Waals surface area contributed by atoms with Crippen LogP contribution < -0.4 is 5.32 Å². The summed E-state index contributed by atoms with van der Waals surface area (Å²) in [7, 11) is 3.76. The molecule has 0 fully saturated rings. The number of likely N-dealkylation sites (N-methyl/N-ethyl adjacent to an activating group) is 1. The second kappa shape index (κ2) is 11.7. The first-order valence-corrected chi connectivity index (χ1v) is 11.3. The molecule has 1 heterocycles. The van der Waals surface area contributed by atoms with Gasteiger partial charge in [0.15, 0.2) is 0 Å². The molecule has 0 aliphatic rings. The molecule has 2 aromatic carbocycles. The summed E-state index contributed by atoms with van der Waals surface area (Å²) in [5, 5.41) is 3.82. The number of nitrogens with one attached hydrogen (secondary N) is 2. The van der Waals surface area contributed by atoms with Crippen LogP contribution in [-0.2, 0) is 4.79 Å². The van der Waals surface area contributed by atoms with Gasteiger partial charge in [-0.2, -0.15) is 0 Å². The Morgan fingerprint density at radius 2 is 2.09 bits per heavy atom. The zero-order valence-corrected chi connectivity index (χ0v) is 19.9. The van der Waals surface area contributed by atoms with E-state index >= 15 is 0 Å². The van der Waals surface area contributed by atoms with E-state index in [4.69, 9.17) is 11.6 Å². The van der Waals surface area contributed by atoms with Crippen LogP contribution in [-0.4, -0.2) is 54.2 Å². The van der Waals surface area contributed by atoms with E-state index < -0.39 is 0 Å². The van der Waals surface area contributed by atoms with Gasteiger partial charge in [-0.25, -0.2) is 9.37 Å². The van der Waals surface area contributed by atoms with Gasteiger partial charge in [0.1, 0.15) is 23.8 Å². The van der Waals surface area contributed by atoms with E-state index in [-0.39, 0.29) is 5.82 Å². The van der Waals surface area contributed by atoms with Crippen LogP contribution in [0.2, 0.25) is 5.02 Å². The van der Waals surface area contributed by atoms with Crippen LogP contribution in [0.15, 0.2) is 47.6 Å². The SMILES string of the molecule is CN=C(CN(C)CCCCC=O)N/C=C(\C)c1ccc(-c2nc3ccc(Cl)cc3[nH]2)c(F)c1. The monoisotopic (exact) mass is 469 g/mol. The quantitative estimate of drug-likeness (QED) is 0.183. The predicted molar refractivity (Wildman–Crippen MR) is 134 cm³/mol. The number of fused-ring (bicyclic) bond motifs is 1. The van der Waals surface area contributed by atoms with Crippen LogP contribution in [0.3, 0.4) is 0 Å². The highest BCUT2D eigenvalue weighted by atomic mass is 35.5. The van der Waals surface area contributed by atoms with Crippen molar-refractivity contribution in [3.05, 3.63) is 59.0 Å². The predicted octanol–water partition coefficient (Wildman–Crippen LogP) is 5.30. The second-order valence-electron chi connectivity index (χ2n) is 7.98. The fourth-order valence-corrected chi connectivity index (χ4v) is 3.63. The Kier molecular flexibility index (Phi) is 8.74. The van der Waals surface area contributed by atoms with Crippen LogP contribution in [0.25, 0.3) is 28.0 Å². The number of H-pyrrole nitrogens is 1. The molecule has 0 unspecified atom stereocenters. The second-order valence-corrected chi connectivity index (χ2v) is 8.42. The summed E-state index contributed by atoms with van der Waals surface area (Å²) in [5.41, 5.74) is 3.55. The zero-order valence-electron chi connectivity index (χ0n) is 19.2. The molecule has 3 aromatic rings. The number of rotatable bonds is 10. The van der Waals surface area contributed by atoms with Gasteiger partial charge in [-0.1, -0.05) is 17.7 Å². The molecule has 0 spiro atoms. The van der Waals surface area contributed by atoms with Crippen LogP contribution >= 0.6 is 11.6 Å². The number of aliphatic imine (C=N–C) groups is 1. The molecule has 0 radical (unpaired) electrons. The molecule has 174 valence electrons. The number of nitrogens with zero attached hydrogens (tertiary/aromatic N) is 3. The number of hydrogen-bond acceptors (Lipinski definition) is 4. The Morgan fingerprint density at radius 1 is 1.27 bits per heavy atom. The Labute approximate surface area is 198 Å². The molecule has 1 aromatic heterocycles. The zero-order chi connectivity index (χ0) is 23.8. The van der Waals surface area contributed by atoms with Crippen molar-refractivity contribution in [1.29, 1.82) is 0 Å². The third-order valence-corrected chi connectivity index (χ3v) is 5.62. The van der Waals surface area contributed by atoms with E-state index in [1.54, 1.807) is 31.3 Å². The largest absolute Gasteiger partial charge is 0.349 e. The lowest BCUT2D eigenvalue weighted by Gasteiger charge is -2.17. The van der Waals surface area contributed by atoms with Gasteiger partial charge in [-0.15, -0.1) is 0 Å². The molecule has 0 saturated carbocycles. The molecule has 0 atom stereocenters. The average Bonchev–Trinajstić information content (AvgIpc) is 3.21. The maximum absolute atomic E-state index is 14.9. The normalized spacial score (nSPS) is 12.5. The van der Waals surface area contributed by atoms with Gasteiger partial charge >= 0.3 is 0 Å². The van der Waals surface area contributed by atoms with Gasteiger partial charge in [0.25, 0.3) is 0 Å². The van der Waals surface area contributed by atoms with E-state index in [1.165, 1.54) is 6.07 Å². The summed E-state index contributed by atoms with van der Waals surface area (Å²) in [6.45, 7) is 3.46. The van der Waals surface area contributed by atoms with E-state index in [0.717, 1.165) is 53.7 Å². The Hall–Kier alpha value is -3.03. The summed E-state index contributed by atoms with van der Waals surface area (Å²) in [5.74, 6) is 0.919. The van der Waals surface area contributed by atoms with E-state index in [1.807, 2.05) is 26.2 Å². The van der Waals surface area contributed by atoms with Crippen LogP contribution in [0.1, 0.15) is 31.7 Å². The lowest BCUT2D eigenvalue weighted by atomic mass is 10.1. The number of hydrogen-bond donors (Lipinski definition) is 2. The highest BCUT2D eigenvalue weighted by Crippen LogP contribution is 2.27. The van der Waals surface area contributed by atoms with Crippen molar-refractivity contribution in [3.8, 4) is 11.4 Å². The number of amidine groups is 1. The molecule has 0 amide bonds. The van der Waals surface area contributed by atoms with E-state index in [0.29, 0.717) is 29.4 Å². The number of unbranched alkanes of at least 4 members (excludes halogenated alkanes) is 2. The topological polar surface area (TPSA) is 73.4 Å². The van der Waals surface area contributed by atoms with Crippen molar-refractivity contribution in [2.45, 2.75) is 26.2 Å². The lowest BCUT2D eigenvalue weighted by Crippen LogP contribution is -2.33. The Bertz CT molecular complexity index is 1170. The summed E-state index contributed by atoms with van der Waals surface area (Å²) < 4.78 is 14.9. The molecule has 0 aliphatic carbocycles. The number of benzene rings is 2. The molecule has 2 N–H and O–H groups in total. The summed E-state index contributed by atoms with van der Waals surface area (Å²) in [4.78, 5) is 24.5. The molecular weight excluding hydrogens is 441 g/mol. The fourth-order valence-electron chi connectivity index (χ4n) is 3.46. The third-order valence-electron chi connectivity index (χ3n) is 5.38. The number of aromatic nitrogens is 2. The van der Waals surface area contributed by atoms with Crippen molar-refractivity contribution in [1.82, 2.24) is 20.2 Å². The fraction of sp³-hybridized carbons (Fsp3) is 0.320. The van der Waals surface area contributed by atoms with Crippen molar-refractivity contribution >= 4 is 40.3 Å². The van der Waals surface area contributed by atoms with Gasteiger partial charge < -0.3 is 15.1 Å². The van der Waals surface area contributed by atoms with Gasteiger partial charge in [0.2, 0.25) is 0 Å². The number of aldehydes is 1. The molecule has 6 nitrogen and oxygen atoms in total. The number of allylic oxidation sites excluding steroid dienone is 1. The Morgan fingerprint density at radius 3 is 2.82 bits per heavy atom. The standard InChI is InChI=1S/C25H29ClFN5O/c1-17(15-29-24(28-2)16-32(3)11-5-4-6-12-33)18-7-9-20(21(27)13-18)25-30-22-10-8-19(26)14-23(22)31-25/h7-10,12-15H,4-6,11,16H2,1-3H3,(H,28,29)(H,30,31)/b17-15+. The molecular formula is C25H29ClFN5O. The number of imidazole rings is 1. The van der Waals surface area contributed by atoms with Crippen LogP contribution in [0, 0.1) is 5.82 Å². The van der Waals surface area contributed by atoms with Gasteiger partial charge in [-0.05, 0) is 74.8 Å². The van der Waals surface area contributed by atoms with Crippen molar-refractivity contribution < 1.29 is 9.18 Å². The maximum Gasteiger partial charge on any atom is 0.141 e. The molecule has 33 heavy (non-hydrogen) atoms. The van der Waals surface area contributed by atoms with Gasteiger partial charge in [0, 0.05) is 24.7 Å². The highest BCUT2D eigenvalue weighted by molar-refractivity contribution is 6.31. The summed E-state index contributed by atoms with van der Waals surface area (Å²) >= 11 is 6.03. The number of aromatic amines is 1. The first-order chi connectivity index (χ1) is 15.9. The minimum atomic E-state index is -0.357. The van der Waals surface area contributed by atoms with Gasteiger partial charge in [-0.3, -0.25) is 9.89 Å². The number of carbonyl (C=O) groups is 1. The average molecular weight is 470 g/mol. The molecule has 0 saturated heterocycles. The lowest BCUT2D eigenvalue weighted by molar-refractivity contribution is -0.107. The summed E-state index contributed by atoms with van der Waals surface area (Å²) in [6.07, 6.45) is 5.24. The minimum absolute atomic E-state index is 0.357. The van der Waals surface area contributed by atoms with E-state index in [2.05, 4.69) is 25.2 Å². The van der Waals surface area contributed by atoms with Crippen LogP contribution in [0.4, 0.5) is 4.39 Å².